The van der Waals surface area contributed by atoms with Gasteiger partial charge in [-0.2, -0.15) is 0 Å². The lowest BCUT2D eigenvalue weighted by Gasteiger charge is -2.19. The van der Waals surface area contributed by atoms with E-state index in [0.29, 0.717) is 0 Å². The maximum absolute atomic E-state index is 4.47. The van der Waals surface area contributed by atoms with E-state index in [1.165, 1.54) is 6.33 Å². The molecule has 2 aromatic heterocycles. The number of aromatic nitrogens is 4. The van der Waals surface area contributed by atoms with Crippen molar-refractivity contribution in [3.63, 3.8) is 0 Å². The van der Waals surface area contributed by atoms with Crippen LogP contribution in [0.2, 0.25) is 0 Å². The third-order valence-corrected chi connectivity index (χ3v) is 3.16. The molecule has 2 heterocycles. The second-order valence-corrected chi connectivity index (χ2v) is 4.43. The summed E-state index contributed by atoms with van der Waals surface area (Å²) in [6, 6.07) is 6.05. The number of hydrogen-bond acceptors (Lipinski definition) is 5. The number of rotatable bonds is 4. The molecule has 3 rings (SSSR count). The van der Waals surface area contributed by atoms with Crippen LogP contribution in [0.4, 0.5) is 0 Å². The van der Waals surface area contributed by atoms with Gasteiger partial charge in [0.05, 0.1) is 17.1 Å². The zero-order valence-corrected chi connectivity index (χ0v) is 11.2. The predicted molar refractivity (Wildman–Crippen MR) is 77.1 cm³/mol. The van der Waals surface area contributed by atoms with Crippen LogP contribution in [-0.2, 0) is 0 Å². The van der Waals surface area contributed by atoms with Gasteiger partial charge in [0.15, 0.2) is 0 Å². The quantitative estimate of drug-likeness (QED) is 0.782. The fraction of sp³-hybridized carbons (Fsp3) is 0.200. The van der Waals surface area contributed by atoms with Gasteiger partial charge in [-0.25, -0.2) is 9.97 Å². The maximum atomic E-state index is 4.47. The highest BCUT2D eigenvalue weighted by atomic mass is 14.9. The Morgan fingerprint density at radius 3 is 2.70 bits per heavy atom. The van der Waals surface area contributed by atoms with Crippen LogP contribution in [0.15, 0.2) is 49.3 Å². The van der Waals surface area contributed by atoms with Crippen LogP contribution in [0.3, 0.4) is 0 Å². The SMILES string of the molecule is CCNC(c1cncnc1)c1cccc2nccnc12. The molecule has 0 aliphatic carbocycles. The summed E-state index contributed by atoms with van der Waals surface area (Å²) in [6.45, 7) is 2.92. The molecule has 0 saturated carbocycles. The van der Waals surface area contributed by atoms with Gasteiger partial charge in [0.25, 0.3) is 0 Å². The van der Waals surface area contributed by atoms with E-state index in [4.69, 9.17) is 0 Å². The third kappa shape index (κ3) is 2.35. The second-order valence-electron chi connectivity index (χ2n) is 4.43. The van der Waals surface area contributed by atoms with Crippen molar-refractivity contribution in [2.75, 3.05) is 6.54 Å². The summed E-state index contributed by atoms with van der Waals surface area (Å²) in [5.74, 6) is 0. The molecule has 1 atom stereocenters. The molecule has 0 aliphatic heterocycles. The van der Waals surface area contributed by atoms with Crippen LogP contribution < -0.4 is 5.32 Å². The van der Waals surface area contributed by atoms with Gasteiger partial charge < -0.3 is 5.32 Å². The molecule has 5 nitrogen and oxygen atoms in total. The monoisotopic (exact) mass is 265 g/mol. The zero-order valence-electron chi connectivity index (χ0n) is 11.2. The van der Waals surface area contributed by atoms with Gasteiger partial charge in [0.1, 0.15) is 6.33 Å². The lowest BCUT2D eigenvalue weighted by molar-refractivity contribution is 0.628. The lowest BCUT2D eigenvalue weighted by atomic mass is 9.99. The Morgan fingerprint density at radius 2 is 1.90 bits per heavy atom. The first-order valence-electron chi connectivity index (χ1n) is 6.58. The average Bonchev–Trinajstić information content (AvgIpc) is 2.53. The summed E-state index contributed by atoms with van der Waals surface area (Å²) < 4.78 is 0. The van der Waals surface area contributed by atoms with Gasteiger partial charge >= 0.3 is 0 Å². The van der Waals surface area contributed by atoms with Crippen molar-refractivity contribution >= 4 is 11.0 Å². The molecule has 0 bridgehead atoms. The van der Waals surface area contributed by atoms with Crippen molar-refractivity contribution in [3.8, 4) is 0 Å². The highest BCUT2D eigenvalue weighted by molar-refractivity contribution is 5.78. The van der Waals surface area contributed by atoms with Gasteiger partial charge in [-0.05, 0) is 12.6 Å². The Bertz CT molecular complexity index is 693. The second kappa shape index (κ2) is 5.71. The van der Waals surface area contributed by atoms with Crippen molar-refractivity contribution in [2.24, 2.45) is 0 Å². The van der Waals surface area contributed by atoms with Crippen molar-refractivity contribution in [1.82, 2.24) is 25.3 Å². The Morgan fingerprint density at radius 1 is 1.10 bits per heavy atom. The largest absolute Gasteiger partial charge is 0.306 e. The molecule has 1 unspecified atom stereocenters. The molecule has 0 amide bonds. The van der Waals surface area contributed by atoms with Gasteiger partial charge in [-0.1, -0.05) is 19.1 Å². The minimum atomic E-state index is 0.0154. The van der Waals surface area contributed by atoms with Gasteiger partial charge in [-0.3, -0.25) is 9.97 Å². The first kappa shape index (κ1) is 12.6. The summed E-state index contributed by atoms with van der Waals surface area (Å²) >= 11 is 0. The molecule has 0 fully saturated rings. The molecule has 0 spiro atoms. The molecule has 0 saturated heterocycles. The van der Waals surface area contributed by atoms with Crippen LogP contribution in [0.1, 0.15) is 24.1 Å². The van der Waals surface area contributed by atoms with Crippen molar-refractivity contribution < 1.29 is 0 Å². The molecule has 3 aromatic rings. The van der Waals surface area contributed by atoms with Crippen molar-refractivity contribution in [3.05, 3.63) is 60.4 Å². The molecule has 20 heavy (non-hydrogen) atoms. The number of para-hydroxylation sites is 1. The molecular formula is C15H15N5. The molecule has 5 heteroatoms. The highest BCUT2D eigenvalue weighted by Crippen LogP contribution is 2.26. The third-order valence-electron chi connectivity index (χ3n) is 3.16. The first-order valence-corrected chi connectivity index (χ1v) is 6.58. The van der Waals surface area contributed by atoms with E-state index in [-0.39, 0.29) is 6.04 Å². The zero-order chi connectivity index (χ0) is 13.8. The van der Waals surface area contributed by atoms with Gasteiger partial charge in [-0.15, -0.1) is 0 Å². The molecule has 1 N–H and O–H groups in total. The fourth-order valence-electron chi connectivity index (χ4n) is 2.32. The minimum absolute atomic E-state index is 0.0154. The summed E-state index contributed by atoms with van der Waals surface area (Å²) in [7, 11) is 0. The van der Waals surface area contributed by atoms with E-state index < -0.39 is 0 Å². The summed E-state index contributed by atoms with van der Waals surface area (Å²) in [5.41, 5.74) is 3.91. The Balaban J connectivity index is 2.15. The van der Waals surface area contributed by atoms with Crippen LogP contribution in [-0.4, -0.2) is 26.5 Å². The van der Waals surface area contributed by atoms with E-state index in [1.807, 2.05) is 24.5 Å². The van der Waals surface area contributed by atoms with E-state index in [0.717, 1.165) is 28.7 Å². The number of nitrogens with zero attached hydrogens (tertiary/aromatic N) is 4. The maximum Gasteiger partial charge on any atom is 0.115 e. The molecular weight excluding hydrogens is 250 g/mol. The molecule has 100 valence electrons. The van der Waals surface area contributed by atoms with E-state index >= 15 is 0 Å². The van der Waals surface area contributed by atoms with Crippen molar-refractivity contribution in [2.45, 2.75) is 13.0 Å². The van der Waals surface area contributed by atoms with Crippen LogP contribution in [0.25, 0.3) is 11.0 Å². The number of benzene rings is 1. The predicted octanol–water partition coefficient (Wildman–Crippen LogP) is 2.12. The standard InChI is InChI=1S/C15H15N5/c1-2-18-14(11-8-16-10-17-9-11)12-4-3-5-13-15(12)20-7-6-19-13/h3-10,14,18H,2H2,1H3. The fourth-order valence-corrected chi connectivity index (χ4v) is 2.32. The molecule has 0 radical (unpaired) electrons. The Hall–Kier alpha value is -2.40. The van der Waals surface area contributed by atoms with Crippen LogP contribution in [0.5, 0.6) is 0 Å². The number of hydrogen-bond donors (Lipinski definition) is 1. The van der Waals surface area contributed by atoms with E-state index in [1.54, 1.807) is 12.4 Å². The summed E-state index contributed by atoms with van der Waals surface area (Å²) in [6.07, 6.45) is 8.62. The first-order chi connectivity index (χ1) is 9.90. The number of fused-ring (bicyclic) bond motifs is 1. The van der Waals surface area contributed by atoms with Crippen LogP contribution >= 0.6 is 0 Å². The van der Waals surface area contributed by atoms with Gasteiger partial charge in [0, 0.05) is 35.9 Å². The summed E-state index contributed by atoms with van der Waals surface area (Å²) in [4.78, 5) is 17.0. The smallest absolute Gasteiger partial charge is 0.115 e. The van der Waals surface area contributed by atoms with Gasteiger partial charge in [0.2, 0.25) is 0 Å². The number of nitrogens with one attached hydrogen (secondary N) is 1. The van der Waals surface area contributed by atoms with E-state index in [9.17, 15) is 0 Å². The summed E-state index contributed by atoms with van der Waals surface area (Å²) in [5, 5.41) is 3.46. The van der Waals surface area contributed by atoms with E-state index in [2.05, 4.69) is 38.2 Å². The lowest BCUT2D eigenvalue weighted by Crippen LogP contribution is -2.22. The Labute approximate surface area is 117 Å². The Kier molecular flexibility index (Phi) is 3.60. The highest BCUT2D eigenvalue weighted by Gasteiger charge is 2.17. The molecule has 1 aromatic carbocycles. The topological polar surface area (TPSA) is 63.6 Å². The molecule has 0 aliphatic rings. The normalized spacial score (nSPS) is 12.4. The van der Waals surface area contributed by atoms with Crippen molar-refractivity contribution in [1.29, 1.82) is 0 Å². The minimum Gasteiger partial charge on any atom is -0.306 e. The van der Waals surface area contributed by atoms with Crippen LogP contribution in [0, 0.1) is 0 Å². The average molecular weight is 265 g/mol.